The molecule has 2 aliphatic rings. The van der Waals surface area contributed by atoms with Gasteiger partial charge >= 0.3 is 0 Å². The Morgan fingerprint density at radius 3 is 1.45 bits per heavy atom. The van der Waals surface area contributed by atoms with Crippen LogP contribution in [0.5, 0.6) is 51.7 Å². The summed E-state index contributed by atoms with van der Waals surface area (Å²) in [5.41, 5.74) is 5.57. The van der Waals surface area contributed by atoms with Crippen molar-refractivity contribution in [3.05, 3.63) is 160 Å². The summed E-state index contributed by atoms with van der Waals surface area (Å²) < 4.78 is 12.9. The molecule has 0 saturated carbocycles. The largest absolute Gasteiger partial charge is 0.508 e. The molecule has 9 heteroatoms. The van der Waals surface area contributed by atoms with Gasteiger partial charge in [-0.15, -0.1) is 0 Å². The fourth-order valence-electron chi connectivity index (χ4n) is 7.22. The lowest BCUT2D eigenvalue weighted by atomic mass is 9.84. The third kappa shape index (κ3) is 5.95. The monoisotopic (exact) mass is 680 g/mol. The summed E-state index contributed by atoms with van der Waals surface area (Å²) in [6.45, 7) is 0. The Morgan fingerprint density at radius 1 is 0.392 bits per heavy atom. The SMILES string of the molecule is Oc1ccc([C@@H]2Oc3cc(C=Cc4ccc5c(c4)[C@H](c4cc(O)cc(O)c4)[C@H](c4ccc(O)cc4)O5)cc(O)c3[C@H]2c2cc(O)cc(O)c2)cc1. The Hall–Kier alpha value is -6.74. The van der Waals surface area contributed by atoms with Gasteiger partial charge in [0.1, 0.15) is 64.0 Å². The Kier molecular flexibility index (Phi) is 7.60. The molecule has 7 N–H and O–H groups in total. The van der Waals surface area contributed by atoms with E-state index in [1.54, 1.807) is 66.7 Å². The second-order valence-electron chi connectivity index (χ2n) is 12.9. The number of rotatable bonds is 6. The molecule has 9 nitrogen and oxygen atoms in total. The van der Waals surface area contributed by atoms with Crippen LogP contribution < -0.4 is 9.47 Å². The first-order valence-corrected chi connectivity index (χ1v) is 16.3. The molecule has 0 amide bonds. The normalized spacial score (nSPS) is 19.0. The number of hydrogen-bond acceptors (Lipinski definition) is 9. The highest BCUT2D eigenvalue weighted by Crippen LogP contribution is 2.55. The van der Waals surface area contributed by atoms with Gasteiger partial charge in [0, 0.05) is 23.3 Å². The van der Waals surface area contributed by atoms with Crippen molar-refractivity contribution in [2.75, 3.05) is 0 Å². The average Bonchev–Trinajstić information content (AvgIpc) is 3.66. The van der Waals surface area contributed by atoms with E-state index in [0.717, 1.165) is 22.3 Å². The number of phenolic OH excluding ortho intramolecular Hbond substituents is 7. The van der Waals surface area contributed by atoms with E-state index in [4.69, 9.17) is 9.47 Å². The first-order valence-electron chi connectivity index (χ1n) is 16.3. The van der Waals surface area contributed by atoms with E-state index in [2.05, 4.69) is 0 Å². The third-order valence-electron chi connectivity index (χ3n) is 9.42. The highest BCUT2D eigenvalue weighted by atomic mass is 16.5. The molecule has 254 valence electrons. The minimum atomic E-state index is -0.626. The number of phenols is 7. The van der Waals surface area contributed by atoms with Crippen LogP contribution in [0.2, 0.25) is 0 Å². The maximum Gasteiger partial charge on any atom is 0.135 e. The molecule has 0 bridgehead atoms. The van der Waals surface area contributed by atoms with Crippen LogP contribution in [0.3, 0.4) is 0 Å². The second kappa shape index (κ2) is 12.3. The minimum Gasteiger partial charge on any atom is -0.508 e. The van der Waals surface area contributed by atoms with E-state index in [-0.39, 0.29) is 46.2 Å². The van der Waals surface area contributed by atoms with Gasteiger partial charge in [-0.3, -0.25) is 0 Å². The Balaban J connectivity index is 1.15. The molecule has 0 saturated heterocycles. The van der Waals surface area contributed by atoms with Crippen LogP contribution in [0.25, 0.3) is 12.2 Å². The standard InChI is InChI=1S/C42H32O9/c43-28-8-4-24(5-9-28)41-38(26-16-30(45)20-31(46)17-26)34-13-22(3-12-36(34)50-41)1-2-23-14-35(49)40-37(15-23)51-42(25-6-10-29(44)11-7-25)39(40)27-18-32(47)21-33(48)19-27/h1-21,38-39,41-49H/t38-,39+,41-,42-/m0/s1. The van der Waals surface area contributed by atoms with Crippen molar-refractivity contribution in [2.45, 2.75) is 24.0 Å². The van der Waals surface area contributed by atoms with Gasteiger partial charge in [0.15, 0.2) is 0 Å². The maximum atomic E-state index is 11.4. The van der Waals surface area contributed by atoms with Crippen LogP contribution in [0.4, 0.5) is 0 Å². The van der Waals surface area contributed by atoms with E-state index in [1.165, 1.54) is 24.3 Å². The van der Waals surface area contributed by atoms with Crippen LogP contribution in [0.15, 0.2) is 115 Å². The molecule has 6 aromatic rings. The van der Waals surface area contributed by atoms with Gasteiger partial charge in [0.25, 0.3) is 0 Å². The first-order chi connectivity index (χ1) is 24.6. The molecule has 0 radical (unpaired) electrons. The van der Waals surface area contributed by atoms with Crippen molar-refractivity contribution < 1.29 is 45.2 Å². The van der Waals surface area contributed by atoms with Gasteiger partial charge in [-0.05, 0) is 106 Å². The average molecular weight is 681 g/mol. The molecule has 2 heterocycles. The predicted molar refractivity (Wildman–Crippen MR) is 190 cm³/mol. The fraction of sp³-hybridized carbons (Fsp3) is 0.0952. The van der Waals surface area contributed by atoms with Gasteiger partial charge in [0.2, 0.25) is 0 Å². The third-order valence-corrected chi connectivity index (χ3v) is 9.42. The predicted octanol–water partition coefficient (Wildman–Crippen LogP) is 8.33. The molecule has 0 fully saturated rings. The molecule has 0 aromatic heterocycles. The van der Waals surface area contributed by atoms with Crippen molar-refractivity contribution in [1.29, 1.82) is 0 Å². The number of fused-ring (bicyclic) bond motifs is 2. The molecule has 0 aliphatic carbocycles. The molecular formula is C42H32O9. The summed E-state index contributed by atoms with van der Waals surface area (Å²) in [5, 5.41) is 72.5. The van der Waals surface area contributed by atoms with Gasteiger partial charge in [-0.25, -0.2) is 0 Å². The van der Waals surface area contributed by atoms with Gasteiger partial charge in [-0.1, -0.05) is 42.5 Å². The van der Waals surface area contributed by atoms with Crippen molar-refractivity contribution in [3.63, 3.8) is 0 Å². The smallest absolute Gasteiger partial charge is 0.135 e. The van der Waals surface area contributed by atoms with E-state index in [0.29, 0.717) is 33.8 Å². The summed E-state index contributed by atoms with van der Waals surface area (Å²) >= 11 is 0. The first kappa shape index (κ1) is 31.5. The number of aromatic hydroxyl groups is 7. The van der Waals surface area contributed by atoms with Crippen LogP contribution in [-0.2, 0) is 0 Å². The molecule has 0 unspecified atom stereocenters. The van der Waals surface area contributed by atoms with Crippen molar-refractivity contribution in [3.8, 4) is 51.7 Å². The van der Waals surface area contributed by atoms with Crippen LogP contribution in [-0.4, -0.2) is 35.7 Å². The van der Waals surface area contributed by atoms with Gasteiger partial charge in [-0.2, -0.15) is 0 Å². The summed E-state index contributed by atoms with van der Waals surface area (Å²) in [6, 6.07) is 31.3. The summed E-state index contributed by atoms with van der Waals surface area (Å²) in [7, 11) is 0. The zero-order chi connectivity index (χ0) is 35.4. The van der Waals surface area contributed by atoms with E-state index < -0.39 is 18.1 Å². The van der Waals surface area contributed by atoms with Gasteiger partial charge in [0.05, 0.1) is 11.8 Å². The summed E-state index contributed by atoms with van der Waals surface area (Å²) in [4.78, 5) is 0. The van der Waals surface area contributed by atoms with Crippen molar-refractivity contribution in [1.82, 2.24) is 0 Å². The lowest BCUT2D eigenvalue weighted by Crippen LogP contribution is -2.11. The number of benzene rings is 6. The van der Waals surface area contributed by atoms with Crippen LogP contribution in [0, 0.1) is 0 Å². The highest BCUT2D eigenvalue weighted by molar-refractivity contribution is 5.74. The highest BCUT2D eigenvalue weighted by Gasteiger charge is 2.40. The Bertz CT molecular complexity index is 2270. The molecule has 2 aliphatic heterocycles. The summed E-state index contributed by atoms with van der Waals surface area (Å²) in [6.07, 6.45) is 2.62. The maximum absolute atomic E-state index is 11.4. The molecular weight excluding hydrogens is 648 g/mol. The van der Waals surface area contributed by atoms with Crippen LogP contribution >= 0.6 is 0 Å². The quantitative estimate of drug-likeness (QED) is 0.0858. The lowest BCUT2D eigenvalue weighted by Gasteiger charge is -2.21. The second-order valence-corrected chi connectivity index (χ2v) is 12.9. The van der Waals surface area contributed by atoms with Crippen molar-refractivity contribution in [2.24, 2.45) is 0 Å². The van der Waals surface area contributed by atoms with E-state index >= 15 is 0 Å². The van der Waals surface area contributed by atoms with Crippen LogP contribution in [0.1, 0.15) is 68.6 Å². The zero-order valence-electron chi connectivity index (χ0n) is 26.9. The summed E-state index contributed by atoms with van der Waals surface area (Å²) in [5.74, 6) is -0.0946. The molecule has 4 atom stereocenters. The van der Waals surface area contributed by atoms with Crippen molar-refractivity contribution >= 4 is 12.2 Å². The molecule has 0 spiro atoms. The Labute approximate surface area is 292 Å². The number of hydrogen-bond donors (Lipinski definition) is 7. The minimum absolute atomic E-state index is 0.0240. The molecule has 8 rings (SSSR count). The van der Waals surface area contributed by atoms with Gasteiger partial charge < -0.3 is 45.2 Å². The lowest BCUT2D eigenvalue weighted by molar-refractivity contribution is 0.222. The molecule has 6 aromatic carbocycles. The number of ether oxygens (including phenoxy) is 2. The Morgan fingerprint density at radius 2 is 0.882 bits per heavy atom. The van der Waals surface area contributed by atoms with E-state index in [1.807, 2.05) is 36.4 Å². The zero-order valence-corrected chi connectivity index (χ0v) is 26.9. The molecule has 51 heavy (non-hydrogen) atoms. The fourth-order valence-corrected chi connectivity index (χ4v) is 7.22. The topological polar surface area (TPSA) is 160 Å². The van der Waals surface area contributed by atoms with E-state index in [9.17, 15) is 35.7 Å².